The van der Waals surface area contributed by atoms with Crippen molar-refractivity contribution in [3.63, 3.8) is 0 Å². The summed E-state index contributed by atoms with van der Waals surface area (Å²) in [6.45, 7) is -0.275. The maximum absolute atomic E-state index is 12.4. The van der Waals surface area contributed by atoms with Crippen LogP contribution in [0.1, 0.15) is 23.6 Å². The van der Waals surface area contributed by atoms with Crippen LogP contribution in [0, 0.1) is 0 Å². The highest BCUT2D eigenvalue weighted by atomic mass is 19.4. The normalized spacial score (nSPS) is 13.7. The quantitative estimate of drug-likeness (QED) is 0.613. The third-order valence-corrected chi connectivity index (χ3v) is 2.33. The van der Waals surface area contributed by atoms with Crippen molar-refractivity contribution in [2.24, 2.45) is 5.73 Å². The van der Waals surface area contributed by atoms with Crippen molar-refractivity contribution in [3.05, 3.63) is 23.3 Å². The number of hydrogen-bond acceptors (Lipinski definition) is 4. The first-order valence-corrected chi connectivity index (χ1v) is 4.77. The van der Waals surface area contributed by atoms with Crippen LogP contribution in [0.4, 0.5) is 13.2 Å². The van der Waals surface area contributed by atoms with Crippen LogP contribution in [0.5, 0.6) is 11.5 Å². The van der Waals surface area contributed by atoms with E-state index < -0.39 is 29.3 Å². The van der Waals surface area contributed by atoms with E-state index in [9.17, 15) is 23.4 Å². The van der Waals surface area contributed by atoms with Gasteiger partial charge in [0.2, 0.25) is 0 Å². The molecule has 0 aliphatic heterocycles. The topological polar surface area (TPSA) is 86.7 Å². The number of phenolic OH excluding ortho intramolecular Hbond substituents is 2. The Balaban J connectivity index is 3.20. The van der Waals surface area contributed by atoms with E-state index in [4.69, 9.17) is 10.8 Å². The van der Waals surface area contributed by atoms with Crippen LogP contribution in [0.2, 0.25) is 0 Å². The van der Waals surface area contributed by atoms with Crippen LogP contribution in [0.15, 0.2) is 12.1 Å². The number of alkyl halides is 3. The molecule has 0 radical (unpaired) electrons. The van der Waals surface area contributed by atoms with Crippen molar-refractivity contribution in [3.8, 4) is 11.5 Å². The first kappa shape index (κ1) is 13.6. The van der Waals surface area contributed by atoms with E-state index in [0.717, 1.165) is 6.07 Å². The second-order valence-electron chi connectivity index (χ2n) is 3.52. The summed E-state index contributed by atoms with van der Waals surface area (Å²) in [5.74, 6) is -2.15. The number of nitrogens with two attached hydrogens (primary N) is 1. The second kappa shape index (κ2) is 4.80. The Morgan fingerprint density at radius 3 is 2.24 bits per heavy atom. The lowest BCUT2D eigenvalue weighted by molar-refractivity contribution is -0.138. The van der Waals surface area contributed by atoms with Crippen LogP contribution in [-0.4, -0.2) is 21.9 Å². The molecule has 1 aromatic rings. The number of phenols is 2. The van der Waals surface area contributed by atoms with E-state index in [2.05, 4.69) is 0 Å². The predicted molar refractivity (Wildman–Crippen MR) is 53.4 cm³/mol. The lowest BCUT2D eigenvalue weighted by Gasteiger charge is -2.16. The van der Waals surface area contributed by atoms with Gasteiger partial charge in [0, 0.05) is 18.2 Å². The van der Waals surface area contributed by atoms with Gasteiger partial charge in [-0.05, 0) is 12.5 Å². The summed E-state index contributed by atoms with van der Waals surface area (Å²) in [6, 6.07) is 0.785. The molecule has 0 aliphatic carbocycles. The number of aromatic hydroxyl groups is 2. The van der Waals surface area contributed by atoms with Gasteiger partial charge < -0.3 is 21.1 Å². The minimum atomic E-state index is -4.75. The molecule has 17 heavy (non-hydrogen) atoms. The molecule has 0 spiro atoms. The van der Waals surface area contributed by atoms with Crippen molar-refractivity contribution < 1.29 is 28.5 Å². The molecule has 5 N–H and O–H groups in total. The van der Waals surface area contributed by atoms with Crippen LogP contribution < -0.4 is 5.73 Å². The monoisotopic (exact) mass is 251 g/mol. The van der Waals surface area contributed by atoms with Crippen LogP contribution in [-0.2, 0) is 6.18 Å². The minimum Gasteiger partial charge on any atom is -0.504 e. The molecule has 0 aliphatic rings. The van der Waals surface area contributed by atoms with Gasteiger partial charge in [0.15, 0.2) is 11.5 Å². The smallest absolute Gasteiger partial charge is 0.420 e. The Kier molecular flexibility index (Phi) is 3.84. The molecule has 0 aromatic heterocycles. The maximum Gasteiger partial charge on any atom is 0.420 e. The fourth-order valence-corrected chi connectivity index (χ4v) is 1.42. The first-order valence-electron chi connectivity index (χ1n) is 4.77. The van der Waals surface area contributed by atoms with E-state index in [0.29, 0.717) is 6.07 Å². The molecule has 1 rings (SSSR count). The Morgan fingerprint density at radius 1 is 1.18 bits per heavy atom. The molecule has 7 heteroatoms. The van der Waals surface area contributed by atoms with Gasteiger partial charge in [-0.25, -0.2) is 0 Å². The summed E-state index contributed by atoms with van der Waals surface area (Å²) in [5, 5.41) is 27.3. The summed E-state index contributed by atoms with van der Waals surface area (Å²) >= 11 is 0. The summed E-state index contributed by atoms with van der Waals surface area (Å²) in [4.78, 5) is 0. The van der Waals surface area contributed by atoms with E-state index in [-0.39, 0.29) is 18.6 Å². The SMILES string of the molecule is NC(CCO)c1ccc(C(F)(F)F)c(O)c1O. The third-order valence-electron chi connectivity index (χ3n) is 2.33. The molecular formula is C10H12F3NO3. The highest BCUT2D eigenvalue weighted by molar-refractivity contribution is 5.52. The van der Waals surface area contributed by atoms with Crippen molar-refractivity contribution >= 4 is 0 Å². The fourth-order valence-electron chi connectivity index (χ4n) is 1.42. The van der Waals surface area contributed by atoms with Crippen molar-refractivity contribution in [2.75, 3.05) is 6.61 Å². The number of rotatable bonds is 3. The summed E-state index contributed by atoms with van der Waals surface area (Å²) in [7, 11) is 0. The average molecular weight is 251 g/mol. The zero-order valence-corrected chi connectivity index (χ0v) is 8.70. The number of hydrogen-bond donors (Lipinski definition) is 4. The Labute approximate surface area is 95.1 Å². The van der Waals surface area contributed by atoms with Crippen LogP contribution >= 0.6 is 0 Å². The van der Waals surface area contributed by atoms with Gasteiger partial charge in [0.1, 0.15) is 5.56 Å². The molecular weight excluding hydrogens is 239 g/mol. The van der Waals surface area contributed by atoms with E-state index >= 15 is 0 Å². The van der Waals surface area contributed by atoms with Crippen LogP contribution in [0.3, 0.4) is 0 Å². The van der Waals surface area contributed by atoms with E-state index in [1.54, 1.807) is 0 Å². The van der Waals surface area contributed by atoms with Gasteiger partial charge in [-0.3, -0.25) is 0 Å². The molecule has 4 nitrogen and oxygen atoms in total. The van der Waals surface area contributed by atoms with E-state index in [1.807, 2.05) is 0 Å². The van der Waals surface area contributed by atoms with Gasteiger partial charge in [0.25, 0.3) is 0 Å². The average Bonchev–Trinajstić information content (AvgIpc) is 2.20. The van der Waals surface area contributed by atoms with Gasteiger partial charge in [-0.15, -0.1) is 0 Å². The Bertz CT molecular complexity index is 407. The molecule has 1 atom stereocenters. The zero-order valence-electron chi connectivity index (χ0n) is 8.70. The number of aliphatic hydroxyl groups excluding tert-OH is 1. The van der Waals surface area contributed by atoms with Crippen molar-refractivity contribution in [2.45, 2.75) is 18.6 Å². The van der Waals surface area contributed by atoms with Crippen molar-refractivity contribution in [1.29, 1.82) is 0 Å². The van der Waals surface area contributed by atoms with Gasteiger partial charge >= 0.3 is 6.18 Å². The molecule has 0 bridgehead atoms. The lowest BCUT2D eigenvalue weighted by atomic mass is 10.0. The Hall–Kier alpha value is -1.47. The molecule has 1 aromatic carbocycles. The van der Waals surface area contributed by atoms with Gasteiger partial charge in [-0.1, -0.05) is 6.07 Å². The van der Waals surface area contributed by atoms with Gasteiger partial charge in [0.05, 0.1) is 0 Å². The number of halogens is 3. The molecule has 96 valence electrons. The third kappa shape index (κ3) is 2.80. The number of aliphatic hydroxyl groups is 1. The maximum atomic E-state index is 12.4. The highest BCUT2D eigenvalue weighted by Crippen LogP contribution is 2.43. The van der Waals surface area contributed by atoms with Crippen molar-refractivity contribution in [1.82, 2.24) is 0 Å². The largest absolute Gasteiger partial charge is 0.504 e. The zero-order chi connectivity index (χ0) is 13.2. The molecule has 1 unspecified atom stereocenters. The summed E-state index contributed by atoms with van der Waals surface area (Å²) < 4.78 is 37.1. The number of benzene rings is 1. The standard InChI is InChI=1S/C10H12F3NO3/c11-10(12,13)6-2-1-5(7(14)3-4-15)8(16)9(6)17/h1-2,7,15-17H,3-4,14H2. The summed E-state index contributed by atoms with van der Waals surface area (Å²) in [5.41, 5.74) is 4.16. The molecule has 0 saturated heterocycles. The Morgan fingerprint density at radius 2 is 1.76 bits per heavy atom. The van der Waals surface area contributed by atoms with Gasteiger partial charge in [-0.2, -0.15) is 13.2 Å². The first-order chi connectivity index (χ1) is 7.79. The molecule has 0 saturated carbocycles. The summed E-state index contributed by atoms with van der Waals surface area (Å²) in [6.07, 6.45) is -4.68. The molecule has 0 heterocycles. The lowest BCUT2D eigenvalue weighted by Crippen LogP contribution is -2.13. The van der Waals surface area contributed by atoms with E-state index in [1.165, 1.54) is 0 Å². The minimum absolute atomic E-state index is 0.0375. The highest BCUT2D eigenvalue weighted by Gasteiger charge is 2.35. The van der Waals surface area contributed by atoms with Crippen LogP contribution in [0.25, 0.3) is 0 Å². The molecule has 0 amide bonds. The second-order valence-corrected chi connectivity index (χ2v) is 3.52. The fraction of sp³-hybridized carbons (Fsp3) is 0.400. The predicted octanol–water partition coefficient (Wildman–Crippen LogP) is 1.50. The molecule has 0 fully saturated rings.